The van der Waals surface area contributed by atoms with E-state index in [1.165, 1.54) is 0 Å². The van der Waals surface area contributed by atoms with Crippen molar-refractivity contribution in [3.05, 3.63) is 22.7 Å². The highest BCUT2D eigenvalue weighted by molar-refractivity contribution is 6.33. The third kappa shape index (κ3) is 2.72. The van der Waals surface area contributed by atoms with Crippen LogP contribution in [0.2, 0.25) is 5.02 Å². The minimum atomic E-state index is -0.169. The lowest BCUT2D eigenvalue weighted by Crippen LogP contribution is -2.17. The molecule has 2 aliphatic heterocycles. The van der Waals surface area contributed by atoms with E-state index in [2.05, 4.69) is 6.92 Å². The zero-order chi connectivity index (χ0) is 14.1. The number of fused-ring (bicyclic) bond motifs is 1. The number of ether oxygens (including phenoxy) is 3. The summed E-state index contributed by atoms with van der Waals surface area (Å²) in [6, 6.07) is 3.74. The zero-order valence-corrected chi connectivity index (χ0v) is 12.9. The molecule has 0 saturated carbocycles. The van der Waals surface area contributed by atoms with Gasteiger partial charge in [-0.1, -0.05) is 11.6 Å². The van der Waals surface area contributed by atoms with Crippen LogP contribution in [0.5, 0.6) is 11.5 Å². The minimum Gasteiger partial charge on any atom is -0.490 e. The molecule has 0 N–H and O–H groups in total. The smallest absolute Gasteiger partial charge is 0.162 e. The molecule has 20 heavy (non-hydrogen) atoms. The number of hydrogen-bond acceptors (Lipinski definition) is 3. The summed E-state index contributed by atoms with van der Waals surface area (Å²) >= 11 is 13.0. The molecule has 5 heteroatoms. The second kappa shape index (κ2) is 6.00. The van der Waals surface area contributed by atoms with E-state index < -0.39 is 0 Å². The lowest BCUT2D eigenvalue weighted by molar-refractivity contribution is 0.105. The Hall–Kier alpha value is -0.640. The number of benzene rings is 1. The maximum atomic E-state index is 6.64. The van der Waals surface area contributed by atoms with Crippen molar-refractivity contribution in [1.29, 1.82) is 0 Å². The highest BCUT2D eigenvalue weighted by atomic mass is 35.5. The normalized spacial score (nSPS) is 27.1. The predicted octanol–water partition coefficient (Wildman–Crippen LogP) is 4.21. The Morgan fingerprint density at radius 3 is 2.50 bits per heavy atom. The van der Waals surface area contributed by atoms with Crippen LogP contribution in [-0.4, -0.2) is 25.9 Å². The maximum Gasteiger partial charge on any atom is 0.162 e. The quantitative estimate of drug-likeness (QED) is 0.765. The summed E-state index contributed by atoms with van der Waals surface area (Å²) in [7, 11) is 0. The molecular weight excluding hydrogens is 299 g/mol. The fourth-order valence-electron chi connectivity index (χ4n) is 2.77. The Kier molecular flexibility index (Phi) is 4.29. The molecule has 0 bridgehead atoms. The van der Waals surface area contributed by atoms with E-state index in [1.54, 1.807) is 0 Å². The molecule has 1 aromatic carbocycles. The molecule has 110 valence electrons. The van der Waals surface area contributed by atoms with Crippen molar-refractivity contribution in [3.63, 3.8) is 0 Å². The third-order valence-corrected chi connectivity index (χ3v) is 4.86. The summed E-state index contributed by atoms with van der Waals surface area (Å²) in [5.74, 6) is 1.72. The summed E-state index contributed by atoms with van der Waals surface area (Å²) in [5, 5.41) is 0.463. The van der Waals surface area contributed by atoms with Gasteiger partial charge in [0.15, 0.2) is 11.5 Å². The molecule has 2 heterocycles. The standard InChI is InChI=1S/C15H18Cl2O3/c1-9-10(3-6-18-9)15(17)11-7-13-14(8-12(11)16)20-5-2-4-19-13/h7-10,15H,2-6H2,1H3. The van der Waals surface area contributed by atoms with Crippen molar-refractivity contribution in [2.45, 2.75) is 31.2 Å². The van der Waals surface area contributed by atoms with Crippen molar-refractivity contribution in [2.75, 3.05) is 19.8 Å². The third-order valence-electron chi connectivity index (χ3n) is 3.97. The van der Waals surface area contributed by atoms with Crippen LogP contribution in [0.25, 0.3) is 0 Å². The van der Waals surface area contributed by atoms with Gasteiger partial charge >= 0.3 is 0 Å². The summed E-state index contributed by atoms with van der Waals surface area (Å²) in [4.78, 5) is 0. The second-order valence-electron chi connectivity index (χ2n) is 5.30. The summed E-state index contributed by atoms with van der Waals surface area (Å²) in [5.41, 5.74) is 0.903. The molecule has 3 nitrogen and oxygen atoms in total. The molecule has 1 saturated heterocycles. The van der Waals surface area contributed by atoms with Gasteiger partial charge in [-0.3, -0.25) is 0 Å². The molecule has 3 unspecified atom stereocenters. The SMILES string of the molecule is CC1OCCC1C(Cl)c1cc2c(cc1Cl)OCCCO2. The minimum absolute atomic E-state index is 0.157. The van der Waals surface area contributed by atoms with E-state index in [0.717, 1.165) is 30.8 Å². The number of rotatable bonds is 2. The first-order chi connectivity index (χ1) is 9.66. The van der Waals surface area contributed by atoms with Gasteiger partial charge in [-0.05, 0) is 25.0 Å². The topological polar surface area (TPSA) is 27.7 Å². The number of halogens is 2. The highest BCUT2D eigenvalue weighted by Gasteiger charge is 2.33. The van der Waals surface area contributed by atoms with E-state index in [0.29, 0.717) is 24.0 Å². The summed E-state index contributed by atoms with van der Waals surface area (Å²) in [6.07, 6.45) is 1.99. The number of alkyl halides is 1. The maximum absolute atomic E-state index is 6.64. The van der Waals surface area contributed by atoms with Crippen molar-refractivity contribution in [2.24, 2.45) is 5.92 Å². The molecular formula is C15H18Cl2O3. The Balaban J connectivity index is 1.91. The molecule has 0 aliphatic carbocycles. The fourth-order valence-corrected chi connectivity index (χ4v) is 3.61. The van der Waals surface area contributed by atoms with Crippen molar-refractivity contribution in [1.82, 2.24) is 0 Å². The van der Waals surface area contributed by atoms with Crippen molar-refractivity contribution >= 4 is 23.2 Å². The van der Waals surface area contributed by atoms with Gasteiger partial charge in [0.2, 0.25) is 0 Å². The molecule has 0 aromatic heterocycles. The van der Waals surface area contributed by atoms with E-state index in [9.17, 15) is 0 Å². The summed E-state index contributed by atoms with van der Waals surface area (Å²) < 4.78 is 16.9. The van der Waals surface area contributed by atoms with Crippen LogP contribution in [0.1, 0.15) is 30.7 Å². The lowest BCUT2D eigenvalue weighted by Gasteiger charge is -2.22. The molecule has 3 atom stereocenters. The van der Waals surface area contributed by atoms with Gasteiger partial charge in [0.25, 0.3) is 0 Å². The average Bonchev–Trinajstić information content (AvgIpc) is 2.72. The Morgan fingerprint density at radius 1 is 1.15 bits per heavy atom. The molecule has 3 rings (SSSR count). The van der Waals surface area contributed by atoms with Crippen LogP contribution < -0.4 is 9.47 Å². The fraction of sp³-hybridized carbons (Fsp3) is 0.600. The molecule has 0 amide bonds. The first kappa shape index (κ1) is 14.3. The van der Waals surface area contributed by atoms with Crippen LogP contribution in [0, 0.1) is 5.92 Å². The summed E-state index contributed by atoms with van der Waals surface area (Å²) in [6.45, 7) is 4.13. The van der Waals surface area contributed by atoms with Crippen molar-refractivity contribution in [3.8, 4) is 11.5 Å². The number of hydrogen-bond donors (Lipinski definition) is 0. The van der Waals surface area contributed by atoms with E-state index >= 15 is 0 Å². The van der Waals surface area contributed by atoms with Crippen LogP contribution in [-0.2, 0) is 4.74 Å². The van der Waals surface area contributed by atoms with Gasteiger partial charge < -0.3 is 14.2 Å². The predicted molar refractivity (Wildman–Crippen MR) is 79.2 cm³/mol. The zero-order valence-electron chi connectivity index (χ0n) is 11.4. The monoisotopic (exact) mass is 316 g/mol. The van der Waals surface area contributed by atoms with Gasteiger partial charge in [-0.2, -0.15) is 0 Å². The Morgan fingerprint density at radius 2 is 1.85 bits per heavy atom. The van der Waals surface area contributed by atoms with Crippen LogP contribution in [0.4, 0.5) is 0 Å². The van der Waals surface area contributed by atoms with Gasteiger partial charge in [0.1, 0.15) is 0 Å². The largest absolute Gasteiger partial charge is 0.490 e. The molecule has 2 aliphatic rings. The van der Waals surface area contributed by atoms with Crippen molar-refractivity contribution < 1.29 is 14.2 Å². The van der Waals surface area contributed by atoms with Gasteiger partial charge in [-0.25, -0.2) is 0 Å². The first-order valence-corrected chi connectivity index (χ1v) is 7.83. The Labute approximate surface area is 129 Å². The lowest BCUT2D eigenvalue weighted by atomic mass is 9.93. The van der Waals surface area contributed by atoms with E-state index in [-0.39, 0.29) is 17.4 Å². The molecule has 0 spiro atoms. The van der Waals surface area contributed by atoms with E-state index in [1.807, 2.05) is 12.1 Å². The van der Waals surface area contributed by atoms with E-state index in [4.69, 9.17) is 37.4 Å². The molecule has 1 fully saturated rings. The van der Waals surface area contributed by atoms with Crippen LogP contribution in [0.15, 0.2) is 12.1 Å². The molecule has 1 aromatic rings. The van der Waals surface area contributed by atoms with Crippen LogP contribution in [0.3, 0.4) is 0 Å². The Bertz CT molecular complexity index is 492. The van der Waals surface area contributed by atoms with Crippen LogP contribution >= 0.6 is 23.2 Å². The van der Waals surface area contributed by atoms with Gasteiger partial charge in [0, 0.05) is 30.0 Å². The average molecular weight is 317 g/mol. The highest BCUT2D eigenvalue weighted by Crippen LogP contribution is 2.44. The first-order valence-electron chi connectivity index (χ1n) is 7.01. The molecule has 0 radical (unpaired) electrons. The van der Waals surface area contributed by atoms with Gasteiger partial charge in [0.05, 0.1) is 24.7 Å². The van der Waals surface area contributed by atoms with Gasteiger partial charge in [-0.15, -0.1) is 11.6 Å². The second-order valence-corrected chi connectivity index (χ2v) is 6.18.